The molecule has 0 N–H and O–H groups in total. The van der Waals surface area contributed by atoms with E-state index in [0.717, 1.165) is 10.7 Å². The number of hydrogen-bond donors (Lipinski definition) is 0. The van der Waals surface area contributed by atoms with E-state index in [1.165, 1.54) is 15.6 Å². The number of thiazole rings is 1. The second-order valence-electron chi connectivity index (χ2n) is 3.43. The van der Waals surface area contributed by atoms with Crippen molar-refractivity contribution in [3.8, 4) is 0 Å². The fourth-order valence-corrected chi connectivity index (χ4v) is 2.98. The summed E-state index contributed by atoms with van der Waals surface area (Å²) in [6.07, 6.45) is 0.642. The molecule has 0 unspecified atom stereocenters. The summed E-state index contributed by atoms with van der Waals surface area (Å²) in [5.41, 5.74) is 0.819. The lowest BCUT2D eigenvalue weighted by atomic mass is 10.5. The van der Waals surface area contributed by atoms with Gasteiger partial charge in [0.05, 0.1) is 23.0 Å². The van der Waals surface area contributed by atoms with Gasteiger partial charge in [-0.1, -0.05) is 6.92 Å². The topological polar surface area (TPSA) is 50.3 Å². The molecule has 0 radical (unpaired) electrons. The van der Waals surface area contributed by atoms with Crippen molar-refractivity contribution in [3.63, 3.8) is 0 Å². The van der Waals surface area contributed by atoms with Crippen molar-refractivity contribution >= 4 is 21.4 Å². The quantitative estimate of drug-likeness (QED) is 0.795. The number of rotatable bonds is 5. The van der Waals surface area contributed by atoms with E-state index in [-0.39, 0.29) is 5.75 Å². The molecule has 0 bridgehead atoms. The van der Waals surface area contributed by atoms with Crippen molar-refractivity contribution in [2.75, 3.05) is 12.8 Å². The third kappa shape index (κ3) is 3.55. The maximum absolute atomic E-state index is 11.6. The SMILES string of the molecule is CCCS(=O)(=O)N(C)Cc1csc(C)n1. The first kappa shape index (κ1) is 12.6. The van der Waals surface area contributed by atoms with Gasteiger partial charge in [-0.15, -0.1) is 11.3 Å². The Balaban J connectivity index is 2.67. The number of hydrogen-bond acceptors (Lipinski definition) is 4. The summed E-state index contributed by atoms with van der Waals surface area (Å²) in [5.74, 6) is 0.201. The summed E-state index contributed by atoms with van der Waals surface area (Å²) in [6.45, 7) is 4.14. The molecule has 0 aliphatic rings. The number of aromatic nitrogens is 1. The minimum atomic E-state index is -3.10. The lowest BCUT2D eigenvalue weighted by Gasteiger charge is -2.14. The van der Waals surface area contributed by atoms with Crippen molar-refractivity contribution in [1.29, 1.82) is 0 Å². The Kier molecular flexibility index (Phi) is 4.24. The highest BCUT2D eigenvalue weighted by Crippen LogP contribution is 2.12. The highest BCUT2D eigenvalue weighted by Gasteiger charge is 2.17. The Morgan fingerprint density at radius 3 is 2.67 bits per heavy atom. The maximum Gasteiger partial charge on any atom is 0.214 e. The highest BCUT2D eigenvalue weighted by atomic mass is 32.2. The summed E-state index contributed by atoms with van der Waals surface area (Å²) in [6, 6.07) is 0. The Labute approximate surface area is 95.0 Å². The second kappa shape index (κ2) is 5.05. The fourth-order valence-electron chi connectivity index (χ4n) is 1.22. The van der Waals surface area contributed by atoms with Crippen molar-refractivity contribution < 1.29 is 8.42 Å². The van der Waals surface area contributed by atoms with Crippen LogP contribution in [0.25, 0.3) is 0 Å². The largest absolute Gasteiger partial charge is 0.245 e. The average molecular weight is 248 g/mol. The van der Waals surface area contributed by atoms with Gasteiger partial charge in [-0.2, -0.15) is 4.31 Å². The molecule has 1 heterocycles. The van der Waals surface area contributed by atoms with Crippen LogP contribution in [-0.4, -0.2) is 30.5 Å². The van der Waals surface area contributed by atoms with Crippen LogP contribution in [0.4, 0.5) is 0 Å². The number of nitrogens with zero attached hydrogens (tertiary/aromatic N) is 2. The number of aryl methyl sites for hydroxylation is 1. The van der Waals surface area contributed by atoms with Gasteiger partial charge >= 0.3 is 0 Å². The van der Waals surface area contributed by atoms with Crippen LogP contribution in [0.15, 0.2) is 5.38 Å². The molecule has 6 heteroatoms. The van der Waals surface area contributed by atoms with Gasteiger partial charge in [-0.05, 0) is 13.3 Å². The second-order valence-corrected chi connectivity index (χ2v) is 6.69. The Morgan fingerprint density at radius 2 is 2.20 bits per heavy atom. The molecule has 0 saturated carbocycles. The Bertz CT molecular complexity index is 412. The molecule has 1 aromatic heterocycles. The minimum Gasteiger partial charge on any atom is -0.245 e. The van der Waals surface area contributed by atoms with E-state index in [1.807, 2.05) is 19.2 Å². The molecule has 0 saturated heterocycles. The van der Waals surface area contributed by atoms with Gasteiger partial charge in [0, 0.05) is 12.4 Å². The van der Waals surface area contributed by atoms with Crippen molar-refractivity contribution in [2.24, 2.45) is 0 Å². The zero-order chi connectivity index (χ0) is 11.5. The van der Waals surface area contributed by atoms with Crippen LogP contribution in [0.3, 0.4) is 0 Å². The molecule has 0 aromatic carbocycles. The zero-order valence-corrected chi connectivity index (χ0v) is 10.9. The lowest BCUT2D eigenvalue weighted by molar-refractivity contribution is 0.462. The van der Waals surface area contributed by atoms with Crippen LogP contribution < -0.4 is 0 Å². The highest BCUT2D eigenvalue weighted by molar-refractivity contribution is 7.89. The van der Waals surface area contributed by atoms with Gasteiger partial charge in [0.2, 0.25) is 10.0 Å². The molecule has 86 valence electrons. The first-order valence-electron chi connectivity index (χ1n) is 4.80. The van der Waals surface area contributed by atoms with Crippen LogP contribution in [-0.2, 0) is 16.6 Å². The Hall–Kier alpha value is -0.460. The molecule has 15 heavy (non-hydrogen) atoms. The molecular formula is C9H16N2O2S2. The zero-order valence-electron chi connectivity index (χ0n) is 9.23. The minimum absolute atomic E-state index is 0.201. The molecule has 1 rings (SSSR count). The third-order valence-corrected chi connectivity index (χ3v) is 4.81. The van der Waals surface area contributed by atoms with Crippen molar-refractivity contribution in [1.82, 2.24) is 9.29 Å². The smallest absolute Gasteiger partial charge is 0.214 e. The lowest BCUT2D eigenvalue weighted by Crippen LogP contribution is -2.28. The first-order chi connectivity index (χ1) is 6.95. The van der Waals surface area contributed by atoms with Crippen molar-refractivity contribution in [3.05, 3.63) is 16.1 Å². The summed E-state index contributed by atoms with van der Waals surface area (Å²) in [5, 5.41) is 2.86. The van der Waals surface area contributed by atoms with Gasteiger partial charge in [-0.3, -0.25) is 0 Å². The normalized spacial score (nSPS) is 12.3. The average Bonchev–Trinajstić information content (AvgIpc) is 2.51. The van der Waals surface area contributed by atoms with Gasteiger partial charge in [0.1, 0.15) is 0 Å². The molecule has 1 aromatic rings. The predicted octanol–water partition coefficient (Wildman–Crippen LogP) is 1.62. The van der Waals surface area contributed by atoms with Crippen LogP contribution in [0.1, 0.15) is 24.0 Å². The van der Waals surface area contributed by atoms with E-state index in [4.69, 9.17) is 0 Å². The van der Waals surface area contributed by atoms with Gasteiger partial charge < -0.3 is 0 Å². The van der Waals surface area contributed by atoms with Gasteiger partial charge in [-0.25, -0.2) is 13.4 Å². The van der Waals surface area contributed by atoms with E-state index in [1.54, 1.807) is 7.05 Å². The molecule has 0 aliphatic carbocycles. The molecule has 0 spiro atoms. The first-order valence-corrected chi connectivity index (χ1v) is 7.29. The molecule has 4 nitrogen and oxygen atoms in total. The molecule has 0 fully saturated rings. The predicted molar refractivity (Wildman–Crippen MR) is 62.4 cm³/mol. The van der Waals surface area contributed by atoms with E-state index < -0.39 is 10.0 Å². The molecule has 0 aliphatic heterocycles. The van der Waals surface area contributed by atoms with Crippen LogP contribution >= 0.6 is 11.3 Å². The van der Waals surface area contributed by atoms with Crippen LogP contribution in [0.2, 0.25) is 0 Å². The maximum atomic E-state index is 11.6. The third-order valence-electron chi connectivity index (χ3n) is 1.99. The molecule has 0 atom stereocenters. The van der Waals surface area contributed by atoms with Gasteiger partial charge in [0.25, 0.3) is 0 Å². The summed E-state index contributed by atoms with van der Waals surface area (Å²) < 4.78 is 24.7. The number of sulfonamides is 1. The summed E-state index contributed by atoms with van der Waals surface area (Å²) in [7, 11) is -1.50. The van der Waals surface area contributed by atoms with E-state index in [0.29, 0.717) is 13.0 Å². The van der Waals surface area contributed by atoms with Crippen LogP contribution in [0.5, 0.6) is 0 Å². The fraction of sp³-hybridized carbons (Fsp3) is 0.667. The van der Waals surface area contributed by atoms with E-state index in [2.05, 4.69) is 4.98 Å². The Morgan fingerprint density at radius 1 is 1.53 bits per heavy atom. The summed E-state index contributed by atoms with van der Waals surface area (Å²) in [4.78, 5) is 4.24. The van der Waals surface area contributed by atoms with Crippen LogP contribution in [0, 0.1) is 6.92 Å². The monoisotopic (exact) mass is 248 g/mol. The van der Waals surface area contributed by atoms with Gasteiger partial charge in [0.15, 0.2) is 0 Å². The summed E-state index contributed by atoms with van der Waals surface area (Å²) >= 11 is 1.54. The molecule has 0 amide bonds. The van der Waals surface area contributed by atoms with Crippen molar-refractivity contribution in [2.45, 2.75) is 26.8 Å². The molecular weight excluding hydrogens is 232 g/mol. The van der Waals surface area contributed by atoms with E-state index >= 15 is 0 Å². The standard InChI is InChI=1S/C9H16N2O2S2/c1-4-5-15(12,13)11(3)6-9-7-14-8(2)10-9/h7H,4-6H2,1-3H3. The van der Waals surface area contributed by atoms with E-state index in [9.17, 15) is 8.42 Å².